The van der Waals surface area contributed by atoms with Crippen LogP contribution in [-0.2, 0) is 13.0 Å². The number of thiophene rings is 1. The Morgan fingerprint density at radius 3 is 2.48 bits per heavy atom. The van der Waals surface area contributed by atoms with Crippen LogP contribution >= 0.6 is 11.3 Å². The molecule has 0 atom stereocenters. The number of rotatable bonds is 6. The number of ether oxygens (including phenoxy) is 2. The van der Waals surface area contributed by atoms with Crippen molar-refractivity contribution in [3.8, 4) is 11.5 Å². The molecule has 0 aliphatic carbocycles. The van der Waals surface area contributed by atoms with Crippen LogP contribution < -0.4 is 9.47 Å². The molecule has 5 heteroatoms. The van der Waals surface area contributed by atoms with Crippen LogP contribution in [-0.4, -0.2) is 32.1 Å². The van der Waals surface area contributed by atoms with Crippen molar-refractivity contribution in [2.45, 2.75) is 26.8 Å². The number of aryl methyl sites for hydroxylation is 2. The molecular weight excluding hydrogens is 310 g/mol. The summed E-state index contributed by atoms with van der Waals surface area (Å²) in [5.74, 6) is 1.50. The van der Waals surface area contributed by atoms with Crippen LogP contribution in [0.25, 0.3) is 0 Å². The Bertz CT molecular complexity index is 694. The molecule has 2 aromatic rings. The van der Waals surface area contributed by atoms with Crippen LogP contribution in [0.15, 0.2) is 24.3 Å². The summed E-state index contributed by atoms with van der Waals surface area (Å²) in [6, 6.07) is 7.64. The van der Waals surface area contributed by atoms with E-state index in [0.717, 1.165) is 28.4 Å². The first-order valence-corrected chi connectivity index (χ1v) is 8.37. The third-order valence-corrected chi connectivity index (χ3v) is 4.94. The highest BCUT2D eigenvalue weighted by Crippen LogP contribution is 2.27. The van der Waals surface area contributed by atoms with Crippen LogP contribution in [0.4, 0.5) is 0 Å². The van der Waals surface area contributed by atoms with Crippen molar-refractivity contribution in [3.63, 3.8) is 0 Å². The van der Waals surface area contributed by atoms with E-state index in [1.807, 2.05) is 31.3 Å². The van der Waals surface area contributed by atoms with E-state index in [0.29, 0.717) is 6.54 Å². The van der Waals surface area contributed by atoms with Gasteiger partial charge >= 0.3 is 0 Å². The molecule has 1 aromatic heterocycles. The van der Waals surface area contributed by atoms with Crippen molar-refractivity contribution in [1.82, 2.24) is 4.90 Å². The molecular formula is C18H23NO3S. The summed E-state index contributed by atoms with van der Waals surface area (Å²) in [5.41, 5.74) is 2.20. The van der Waals surface area contributed by atoms with Gasteiger partial charge in [0, 0.05) is 30.1 Å². The fourth-order valence-corrected chi connectivity index (χ4v) is 3.58. The van der Waals surface area contributed by atoms with Crippen LogP contribution in [0.2, 0.25) is 0 Å². The number of hydrogen-bond acceptors (Lipinski definition) is 4. The van der Waals surface area contributed by atoms with Crippen LogP contribution in [0.3, 0.4) is 0 Å². The first kappa shape index (κ1) is 17.3. The molecule has 0 spiro atoms. The van der Waals surface area contributed by atoms with Gasteiger partial charge in [0.2, 0.25) is 0 Å². The Morgan fingerprint density at radius 2 is 1.91 bits per heavy atom. The minimum Gasteiger partial charge on any atom is -0.497 e. The van der Waals surface area contributed by atoms with E-state index in [9.17, 15) is 4.79 Å². The second-order valence-electron chi connectivity index (χ2n) is 5.38. The fraction of sp³-hybridized carbons (Fsp3) is 0.389. The maximum Gasteiger partial charge on any atom is 0.263 e. The zero-order chi connectivity index (χ0) is 17.0. The van der Waals surface area contributed by atoms with E-state index in [2.05, 4.69) is 13.8 Å². The van der Waals surface area contributed by atoms with Gasteiger partial charge in [-0.2, -0.15) is 0 Å². The summed E-state index contributed by atoms with van der Waals surface area (Å²) in [4.78, 5) is 16.3. The van der Waals surface area contributed by atoms with E-state index < -0.39 is 0 Å². The van der Waals surface area contributed by atoms with E-state index in [1.54, 1.807) is 30.5 Å². The second kappa shape index (κ2) is 7.51. The van der Waals surface area contributed by atoms with Crippen molar-refractivity contribution in [1.29, 1.82) is 0 Å². The smallest absolute Gasteiger partial charge is 0.263 e. The molecule has 124 valence electrons. The van der Waals surface area contributed by atoms with Gasteiger partial charge in [-0.1, -0.05) is 6.92 Å². The predicted octanol–water partition coefficient (Wildman–Crippen LogP) is 3.91. The minimum absolute atomic E-state index is 0.0377. The van der Waals surface area contributed by atoms with Crippen molar-refractivity contribution >= 4 is 17.2 Å². The summed E-state index contributed by atoms with van der Waals surface area (Å²) < 4.78 is 10.6. The summed E-state index contributed by atoms with van der Waals surface area (Å²) in [6.45, 7) is 4.66. The number of methoxy groups -OCH3 is 2. The third-order valence-electron chi connectivity index (χ3n) is 3.86. The van der Waals surface area contributed by atoms with Gasteiger partial charge in [-0.05, 0) is 37.1 Å². The van der Waals surface area contributed by atoms with Gasteiger partial charge < -0.3 is 14.4 Å². The zero-order valence-corrected chi connectivity index (χ0v) is 15.1. The molecule has 0 N–H and O–H groups in total. The maximum absolute atomic E-state index is 12.6. The largest absolute Gasteiger partial charge is 0.497 e. The Morgan fingerprint density at radius 1 is 1.17 bits per heavy atom. The van der Waals surface area contributed by atoms with Crippen molar-refractivity contribution in [3.05, 3.63) is 45.1 Å². The third kappa shape index (κ3) is 3.85. The number of carbonyl (C=O) groups is 1. The SMILES string of the molecule is CCc1cc(C(=O)N(C)Cc2ccc(OC)cc2OC)sc1C. The molecule has 0 aliphatic rings. The molecule has 0 saturated carbocycles. The van der Waals surface area contributed by atoms with Crippen LogP contribution in [0.5, 0.6) is 11.5 Å². The highest BCUT2D eigenvalue weighted by atomic mass is 32.1. The molecule has 4 nitrogen and oxygen atoms in total. The zero-order valence-electron chi connectivity index (χ0n) is 14.3. The van der Waals surface area contributed by atoms with Gasteiger partial charge in [0.25, 0.3) is 5.91 Å². The van der Waals surface area contributed by atoms with Crippen molar-refractivity contribution in [2.24, 2.45) is 0 Å². The Hall–Kier alpha value is -2.01. The molecule has 23 heavy (non-hydrogen) atoms. The lowest BCUT2D eigenvalue weighted by Gasteiger charge is -2.18. The van der Waals surface area contributed by atoms with E-state index in [-0.39, 0.29) is 5.91 Å². The summed E-state index contributed by atoms with van der Waals surface area (Å²) in [5, 5.41) is 0. The average molecular weight is 333 g/mol. The molecule has 0 bridgehead atoms. The Kier molecular flexibility index (Phi) is 5.66. The van der Waals surface area contributed by atoms with Crippen molar-refractivity contribution in [2.75, 3.05) is 21.3 Å². The first-order valence-electron chi connectivity index (χ1n) is 7.55. The topological polar surface area (TPSA) is 38.8 Å². The number of benzene rings is 1. The second-order valence-corrected chi connectivity index (χ2v) is 6.64. The van der Waals surface area contributed by atoms with E-state index in [4.69, 9.17) is 9.47 Å². The molecule has 1 amide bonds. The average Bonchev–Trinajstić information content (AvgIpc) is 2.95. The van der Waals surface area contributed by atoms with Gasteiger partial charge in [0.15, 0.2) is 0 Å². The summed E-state index contributed by atoms with van der Waals surface area (Å²) >= 11 is 1.56. The van der Waals surface area contributed by atoms with Gasteiger partial charge in [0.1, 0.15) is 11.5 Å². The molecule has 0 fully saturated rings. The summed E-state index contributed by atoms with van der Waals surface area (Å²) in [7, 11) is 5.05. The number of carbonyl (C=O) groups excluding carboxylic acids is 1. The molecule has 0 saturated heterocycles. The monoisotopic (exact) mass is 333 g/mol. The molecule has 0 radical (unpaired) electrons. The van der Waals surface area contributed by atoms with E-state index in [1.165, 1.54) is 10.4 Å². The highest BCUT2D eigenvalue weighted by Gasteiger charge is 2.17. The predicted molar refractivity (Wildman–Crippen MR) is 93.8 cm³/mol. The Balaban J connectivity index is 2.17. The Labute approximate surface area is 141 Å². The lowest BCUT2D eigenvalue weighted by molar-refractivity contribution is 0.0789. The molecule has 1 heterocycles. The van der Waals surface area contributed by atoms with Crippen LogP contribution in [0.1, 0.15) is 32.6 Å². The molecule has 0 unspecified atom stereocenters. The first-order chi connectivity index (χ1) is 11.0. The highest BCUT2D eigenvalue weighted by molar-refractivity contribution is 7.14. The molecule has 2 rings (SSSR count). The number of amides is 1. The van der Waals surface area contributed by atoms with Crippen molar-refractivity contribution < 1.29 is 14.3 Å². The standard InChI is InChI=1S/C18H23NO3S/c1-6-13-9-17(23-12(13)2)18(20)19(3)11-14-7-8-15(21-4)10-16(14)22-5/h7-10H,6,11H2,1-5H3. The van der Waals surface area contributed by atoms with Gasteiger partial charge in [0.05, 0.1) is 19.1 Å². The number of hydrogen-bond donors (Lipinski definition) is 0. The van der Waals surface area contributed by atoms with Crippen LogP contribution in [0, 0.1) is 6.92 Å². The normalized spacial score (nSPS) is 10.5. The molecule has 1 aromatic carbocycles. The van der Waals surface area contributed by atoms with Gasteiger partial charge in [-0.15, -0.1) is 11.3 Å². The minimum atomic E-state index is 0.0377. The molecule has 0 aliphatic heterocycles. The van der Waals surface area contributed by atoms with E-state index >= 15 is 0 Å². The fourth-order valence-electron chi connectivity index (χ4n) is 2.47. The lowest BCUT2D eigenvalue weighted by atomic mass is 10.1. The maximum atomic E-state index is 12.6. The lowest BCUT2D eigenvalue weighted by Crippen LogP contribution is -2.25. The van der Waals surface area contributed by atoms with Gasteiger partial charge in [-0.3, -0.25) is 4.79 Å². The number of nitrogens with zero attached hydrogens (tertiary/aromatic N) is 1. The van der Waals surface area contributed by atoms with Gasteiger partial charge in [-0.25, -0.2) is 0 Å². The summed E-state index contributed by atoms with van der Waals surface area (Å²) in [6.07, 6.45) is 0.950. The quantitative estimate of drug-likeness (QED) is 0.804.